The fourth-order valence-corrected chi connectivity index (χ4v) is 1.95. The van der Waals surface area contributed by atoms with Crippen LogP contribution < -0.4 is 5.32 Å². The number of hydrogen-bond acceptors (Lipinski definition) is 3. The van der Waals surface area contributed by atoms with E-state index in [4.69, 9.17) is 0 Å². The second-order valence-electron chi connectivity index (χ2n) is 5.46. The summed E-state index contributed by atoms with van der Waals surface area (Å²) < 4.78 is 0. The Balaban J connectivity index is 1.95. The van der Waals surface area contributed by atoms with Crippen LogP contribution in [0.5, 0.6) is 0 Å². The van der Waals surface area contributed by atoms with E-state index in [1.807, 2.05) is 43.3 Å². The zero-order valence-corrected chi connectivity index (χ0v) is 12.3. The molecule has 0 spiro atoms. The molecule has 0 aliphatic carbocycles. The van der Waals surface area contributed by atoms with Crippen molar-refractivity contribution in [2.75, 3.05) is 5.32 Å². The molecule has 1 heterocycles. The van der Waals surface area contributed by atoms with Crippen molar-refractivity contribution in [3.05, 3.63) is 59.9 Å². The molecule has 0 aliphatic heterocycles. The average Bonchev–Trinajstić information content (AvgIpc) is 2.48. The summed E-state index contributed by atoms with van der Waals surface area (Å²) in [6.45, 7) is 3.52. The molecule has 1 atom stereocenters. The Labute approximate surface area is 124 Å². The number of aliphatic hydroxyl groups is 1. The van der Waals surface area contributed by atoms with E-state index in [1.165, 1.54) is 6.92 Å². The van der Waals surface area contributed by atoms with Crippen LogP contribution in [0.15, 0.2) is 48.8 Å². The number of aryl methyl sites for hydroxylation is 2. The van der Waals surface area contributed by atoms with Gasteiger partial charge in [0.05, 0.1) is 0 Å². The van der Waals surface area contributed by atoms with Crippen molar-refractivity contribution in [2.45, 2.75) is 32.3 Å². The number of anilines is 1. The standard InChI is InChI=1S/C17H20N2O2/c1-13-5-7-15(8-6-13)19-16(20)17(2,21)10-9-14-4-3-11-18-12-14/h3-8,11-12,21H,9-10H2,1-2H3,(H,19,20)/t17-/m0/s1. The molecule has 1 aromatic heterocycles. The lowest BCUT2D eigenvalue weighted by atomic mass is 9.96. The molecule has 0 aliphatic rings. The molecular formula is C17H20N2O2. The van der Waals surface area contributed by atoms with Crippen molar-refractivity contribution >= 4 is 11.6 Å². The second kappa shape index (κ2) is 6.50. The number of rotatable bonds is 5. The fourth-order valence-electron chi connectivity index (χ4n) is 1.95. The first kappa shape index (κ1) is 15.2. The number of carbonyl (C=O) groups is 1. The summed E-state index contributed by atoms with van der Waals surface area (Å²) in [5, 5.41) is 13.1. The average molecular weight is 284 g/mol. The Hall–Kier alpha value is -2.20. The maximum atomic E-state index is 12.2. The molecule has 21 heavy (non-hydrogen) atoms. The molecule has 4 heteroatoms. The van der Waals surface area contributed by atoms with Crippen molar-refractivity contribution in [1.29, 1.82) is 0 Å². The van der Waals surface area contributed by atoms with E-state index < -0.39 is 11.5 Å². The number of amides is 1. The Morgan fingerprint density at radius 3 is 2.62 bits per heavy atom. The zero-order chi connectivity index (χ0) is 15.3. The summed E-state index contributed by atoms with van der Waals surface area (Å²) in [5.41, 5.74) is 1.39. The van der Waals surface area contributed by atoms with Gasteiger partial charge in [-0.15, -0.1) is 0 Å². The van der Waals surface area contributed by atoms with E-state index in [-0.39, 0.29) is 0 Å². The van der Waals surface area contributed by atoms with Crippen LogP contribution >= 0.6 is 0 Å². The largest absolute Gasteiger partial charge is 0.380 e. The lowest BCUT2D eigenvalue weighted by Crippen LogP contribution is -2.40. The third kappa shape index (κ3) is 4.39. The van der Waals surface area contributed by atoms with Gasteiger partial charge < -0.3 is 10.4 Å². The van der Waals surface area contributed by atoms with Crippen molar-refractivity contribution in [3.63, 3.8) is 0 Å². The highest BCUT2D eigenvalue weighted by atomic mass is 16.3. The van der Waals surface area contributed by atoms with Crippen LogP contribution in [0.25, 0.3) is 0 Å². The number of hydrogen-bond donors (Lipinski definition) is 2. The SMILES string of the molecule is Cc1ccc(NC(=O)[C@@](C)(O)CCc2cccnc2)cc1. The van der Waals surface area contributed by atoms with Gasteiger partial charge in [-0.25, -0.2) is 0 Å². The van der Waals surface area contributed by atoms with Gasteiger partial charge >= 0.3 is 0 Å². The summed E-state index contributed by atoms with van der Waals surface area (Å²) in [4.78, 5) is 16.2. The van der Waals surface area contributed by atoms with E-state index in [0.717, 1.165) is 11.1 Å². The van der Waals surface area contributed by atoms with Gasteiger partial charge in [0.15, 0.2) is 0 Å². The third-order valence-corrected chi connectivity index (χ3v) is 3.42. The minimum Gasteiger partial charge on any atom is -0.380 e. The molecule has 0 unspecified atom stereocenters. The molecule has 2 N–H and O–H groups in total. The minimum atomic E-state index is -1.42. The lowest BCUT2D eigenvalue weighted by molar-refractivity contribution is -0.132. The molecule has 4 nitrogen and oxygen atoms in total. The Bertz CT molecular complexity index is 592. The van der Waals surface area contributed by atoms with Crippen molar-refractivity contribution in [1.82, 2.24) is 4.98 Å². The van der Waals surface area contributed by atoms with Gasteiger partial charge in [-0.1, -0.05) is 23.8 Å². The lowest BCUT2D eigenvalue weighted by Gasteiger charge is -2.22. The zero-order valence-electron chi connectivity index (χ0n) is 12.3. The van der Waals surface area contributed by atoms with Crippen LogP contribution in [0, 0.1) is 6.92 Å². The van der Waals surface area contributed by atoms with Crippen LogP contribution in [-0.4, -0.2) is 21.6 Å². The first-order valence-corrected chi connectivity index (χ1v) is 6.97. The summed E-state index contributed by atoms with van der Waals surface area (Å²) in [7, 11) is 0. The normalized spacial score (nSPS) is 13.5. The Morgan fingerprint density at radius 2 is 2.00 bits per heavy atom. The van der Waals surface area contributed by atoms with Gasteiger partial charge in [-0.05, 0) is 50.5 Å². The summed E-state index contributed by atoms with van der Waals surface area (Å²) in [6, 6.07) is 11.3. The Kier molecular flexibility index (Phi) is 4.70. The molecule has 1 aromatic carbocycles. The first-order chi connectivity index (χ1) is 9.97. The molecule has 2 rings (SSSR count). The van der Waals surface area contributed by atoms with Crippen molar-refractivity contribution < 1.29 is 9.90 Å². The summed E-state index contributed by atoms with van der Waals surface area (Å²) in [6.07, 6.45) is 4.39. The van der Waals surface area contributed by atoms with Gasteiger partial charge in [0.25, 0.3) is 5.91 Å². The monoisotopic (exact) mass is 284 g/mol. The predicted molar refractivity (Wildman–Crippen MR) is 83.0 cm³/mol. The number of carbonyl (C=O) groups excluding carboxylic acids is 1. The van der Waals surface area contributed by atoms with Gasteiger partial charge in [0, 0.05) is 18.1 Å². The minimum absolute atomic E-state index is 0.344. The topological polar surface area (TPSA) is 62.2 Å². The van der Waals surface area contributed by atoms with Crippen LogP contribution in [0.1, 0.15) is 24.5 Å². The van der Waals surface area contributed by atoms with Gasteiger partial charge in [-0.3, -0.25) is 9.78 Å². The highest BCUT2D eigenvalue weighted by molar-refractivity contribution is 5.96. The highest BCUT2D eigenvalue weighted by Gasteiger charge is 2.29. The summed E-state index contributed by atoms with van der Waals surface area (Å²) in [5.74, 6) is -0.393. The van der Waals surface area contributed by atoms with Crippen LogP contribution in [0.3, 0.4) is 0 Å². The van der Waals surface area contributed by atoms with Gasteiger partial charge in [-0.2, -0.15) is 0 Å². The molecule has 0 bridgehead atoms. The van der Waals surface area contributed by atoms with Crippen molar-refractivity contribution in [2.24, 2.45) is 0 Å². The van der Waals surface area contributed by atoms with Gasteiger partial charge in [0.2, 0.25) is 0 Å². The number of nitrogens with one attached hydrogen (secondary N) is 1. The summed E-state index contributed by atoms with van der Waals surface area (Å²) >= 11 is 0. The third-order valence-electron chi connectivity index (χ3n) is 3.42. The maximum Gasteiger partial charge on any atom is 0.256 e. The maximum absolute atomic E-state index is 12.2. The predicted octanol–water partition coefficient (Wildman–Crippen LogP) is 2.71. The van der Waals surface area contributed by atoms with E-state index in [9.17, 15) is 9.90 Å². The second-order valence-corrected chi connectivity index (χ2v) is 5.46. The van der Waals surface area contributed by atoms with E-state index in [1.54, 1.807) is 12.4 Å². The molecule has 0 saturated heterocycles. The van der Waals surface area contributed by atoms with E-state index in [2.05, 4.69) is 10.3 Å². The van der Waals surface area contributed by atoms with Crippen LogP contribution in [0.4, 0.5) is 5.69 Å². The van der Waals surface area contributed by atoms with E-state index in [0.29, 0.717) is 18.5 Å². The fraction of sp³-hybridized carbons (Fsp3) is 0.294. The number of aromatic nitrogens is 1. The molecule has 110 valence electrons. The van der Waals surface area contributed by atoms with Crippen LogP contribution in [0.2, 0.25) is 0 Å². The van der Waals surface area contributed by atoms with E-state index >= 15 is 0 Å². The van der Waals surface area contributed by atoms with Gasteiger partial charge in [0.1, 0.15) is 5.60 Å². The van der Waals surface area contributed by atoms with Crippen molar-refractivity contribution in [3.8, 4) is 0 Å². The highest BCUT2D eigenvalue weighted by Crippen LogP contribution is 2.17. The van der Waals surface area contributed by atoms with Crippen LogP contribution in [-0.2, 0) is 11.2 Å². The number of benzene rings is 1. The molecular weight excluding hydrogens is 264 g/mol. The Morgan fingerprint density at radius 1 is 1.29 bits per heavy atom. The molecule has 0 saturated carbocycles. The molecule has 0 radical (unpaired) electrons. The molecule has 1 amide bonds. The quantitative estimate of drug-likeness (QED) is 0.887. The first-order valence-electron chi connectivity index (χ1n) is 6.97. The number of pyridine rings is 1. The molecule has 0 fully saturated rings. The molecule has 2 aromatic rings. The number of nitrogens with zero attached hydrogens (tertiary/aromatic N) is 1. The smallest absolute Gasteiger partial charge is 0.256 e.